The standard InChI is InChI=1S/C17H36N4O2.HI/c1-11(2)13(5)20-15(18-9)19-10-14(12(3)4)21-16(22)23-17(6,7)8;/h11-14H,10H2,1-9H3,(H,21,22)(H2,18,19,20);1H. The minimum atomic E-state index is -0.497. The summed E-state index contributed by atoms with van der Waals surface area (Å²) in [5.41, 5.74) is -0.497. The molecular weight excluding hydrogens is 419 g/mol. The van der Waals surface area contributed by atoms with E-state index in [0.29, 0.717) is 18.5 Å². The summed E-state index contributed by atoms with van der Waals surface area (Å²) >= 11 is 0. The number of hydrogen-bond acceptors (Lipinski definition) is 3. The van der Waals surface area contributed by atoms with Gasteiger partial charge in [0.05, 0.1) is 6.04 Å². The third-order valence-electron chi connectivity index (χ3n) is 3.58. The zero-order chi connectivity index (χ0) is 18.2. The zero-order valence-corrected chi connectivity index (χ0v) is 19.0. The summed E-state index contributed by atoms with van der Waals surface area (Å²) in [6.45, 7) is 16.7. The molecule has 0 heterocycles. The van der Waals surface area contributed by atoms with E-state index in [0.717, 1.165) is 5.96 Å². The summed E-state index contributed by atoms with van der Waals surface area (Å²) in [4.78, 5) is 16.2. The summed E-state index contributed by atoms with van der Waals surface area (Å²) in [5, 5.41) is 9.54. The van der Waals surface area contributed by atoms with Crippen molar-refractivity contribution in [1.82, 2.24) is 16.0 Å². The molecule has 0 saturated heterocycles. The lowest BCUT2D eigenvalue weighted by Gasteiger charge is -2.27. The predicted octanol–water partition coefficient (Wildman–Crippen LogP) is 3.36. The van der Waals surface area contributed by atoms with Crippen molar-refractivity contribution < 1.29 is 9.53 Å². The van der Waals surface area contributed by atoms with Crippen LogP contribution in [0.5, 0.6) is 0 Å². The van der Waals surface area contributed by atoms with Crippen LogP contribution in [0.25, 0.3) is 0 Å². The minimum absolute atomic E-state index is 0. The van der Waals surface area contributed by atoms with E-state index in [-0.39, 0.29) is 35.9 Å². The first-order valence-corrected chi connectivity index (χ1v) is 8.43. The molecule has 7 heteroatoms. The summed E-state index contributed by atoms with van der Waals surface area (Å²) in [7, 11) is 1.74. The molecule has 3 N–H and O–H groups in total. The summed E-state index contributed by atoms with van der Waals surface area (Å²) in [5.74, 6) is 1.52. The Balaban J connectivity index is 0. The van der Waals surface area contributed by atoms with E-state index < -0.39 is 11.7 Å². The van der Waals surface area contributed by atoms with Gasteiger partial charge in [-0.25, -0.2) is 4.79 Å². The second-order valence-corrected chi connectivity index (χ2v) is 7.63. The Bertz CT molecular complexity index is 393. The van der Waals surface area contributed by atoms with Gasteiger partial charge < -0.3 is 20.7 Å². The monoisotopic (exact) mass is 456 g/mol. The van der Waals surface area contributed by atoms with Crippen molar-refractivity contribution in [1.29, 1.82) is 0 Å². The average molecular weight is 456 g/mol. The van der Waals surface area contributed by atoms with E-state index >= 15 is 0 Å². The fraction of sp³-hybridized carbons (Fsp3) is 0.882. The molecule has 0 radical (unpaired) electrons. The third-order valence-corrected chi connectivity index (χ3v) is 3.58. The van der Waals surface area contributed by atoms with Gasteiger partial charge in [0.25, 0.3) is 0 Å². The Morgan fingerprint density at radius 1 is 1.04 bits per heavy atom. The van der Waals surface area contributed by atoms with Crippen LogP contribution in [-0.4, -0.2) is 43.3 Å². The van der Waals surface area contributed by atoms with E-state index in [1.54, 1.807) is 7.05 Å². The molecule has 2 unspecified atom stereocenters. The Labute approximate surface area is 165 Å². The fourth-order valence-corrected chi connectivity index (χ4v) is 1.70. The Morgan fingerprint density at radius 2 is 1.58 bits per heavy atom. The number of rotatable bonds is 6. The van der Waals surface area contributed by atoms with Crippen LogP contribution in [0.4, 0.5) is 4.79 Å². The number of carbonyl (C=O) groups excluding carboxylic acids is 1. The summed E-state index contributed by atoms with van der Waals surface area (Å²) in [6, 6.07) is 0.273. The number of alkyl carbamates (subject to hydrolysis) is 1. The van der Waals surface area contributed by atoms with Crippen molar-refractivity contribution in [2.24, 2.45) is 16.8 Å². The molecule has 144 valence electrons. The molecule has 0 aromatic rings. The van der Waals surface area contributed by atoms with Crippen molar-refractivity contribution in [3.05, 3.63) is 0 Å². The van der Waals surface area contributed by atoms with Crippen molar-refractivity contribution in [3.8, 4) is 0 Å². The highest BCUT2D eigenvalue weighted by molar-refractivity contribution is 14.0. The Morgan fingerprint density at radius 3 is 1.96 bits per heavy atom. The largest absolute Gasteiger partial charge is 0.444 e. The molecule has 6 nitrogen and oxygen atoms in total. The molecule has 0 rings (SSSR count). The number of ether oxygens (including phenoxy) is 1. The number of carbonyl (C=O) groups is 1. The molecule has 0 aliphatic carbocycles. The number of nitrogens with zero attached hydrogens (tertiary/aromatic N) is 1. The molecule has 0 saturated carbocycles. The first-order chi connectivity index (χ1) is 10.5. The predicted molar refractivity (Wildman–Crippen MR) is 112 cm³/mol. The molecule has 0 aromatic carbocycles. The lowest BCUT2D eigenvalue weighted by Crippen LogP contribution is -2.51. The van der Waals surface area contributed by atoms with Gasteiger partial charge in [0, 0.05) is 19.6 Å². The van der Waals surface area contributed by atoms with Crippen LogP contribution in [0.1, 0.15) is 55.4 Å². The van der Waals surface area contributed by atoms with E-state index in [1.165, 1.54) is 0 Å². The molecule has 24 heavy (non-hydrogen) atoms. The van der Waals surface area contributed by atoms with Gasteiger partial charge in [0.1, 0.15) is 5.60 Å². The normalized spacial score (nSPS) is 14.7. The van der Waals surface area contributed by atoms with Gasteiger partial charge in [-0.15, -0.1) is 24.0 Å². The summed E-state index contributed by atoms with van der Waals surface area (Å²) < 4.78 is 5.32. The highest BCUT2D eigenvalue weighted by atomic mass is 127. The Kier molecular flexibility index (Phi) is 12.5. The fourth-order valence-electron chi connectivity index (χ4n) is 1.70. The number of halogens is 1. The van der Waals surface area contributed by atoms with Crippen molar-refractivity contribution in [2.75, 3.05) is 13.6 Å². The van der Waals surface area contributed by atoms with Crippen LogP contribution in [0.15, 0.2) is 4.99 Å². The number of aliphatic imine (C=N–C) groups is 1. The van der Waals surface area contributed by atoms with Gasteiger partial charge in [-0.3, -0.25) is 4.99 Å². The molecule has 0 bridgehead atoms. The van der Waals surface area contributed by atoms with Crippen LogP contribution in [0.3, 0.4) is 0 Å². The van der Waals surface area contributed by atoms with Gasteiger partial charge in [0.2, 0.25) is 0 Å². The van der Waals surface area contributed by atoms with Crippen LogP contribution < -0.4 is 16.0 Å². The molecule has 0 aliphatic rings. The second kappa shape index (κ2) is 11.8. The summed E-state index contributed by atoms with van der Waals surface area (Å²) in [6.07, 6.45) is -0.392. The topological polar surface area (TPSA) is 74.8 Å². The molecular formula is C17H37IN4O2. The molecule has 0 fully saturated rings. The number of amides is 1. The molecule has 0 spiro atoms. The van der Waals surface area contributed by atoms with E-state index in [9.17, 15) is 4.79 Å². The number of guanidine groups is 1. The van der Waals surface area contributed by atoms with Gasteiger partial charge in [0.15, 0.2) is 5.96 Å². The van der Waals surface area contributed by atoms with Gasteiger partial charge in [-0.1, -0.05) is 27.7 Å². The zero-order valence-electron chi connectivity index (χ0n) is 16.7. The van der Waals surface area contributed by atoms with Gasteiger partial charge in [-0.05, 0) is 39.5 Å². The van der Waals surface area contributed by atoms with E-state index in [2.05, 4.69) is 55.6 Å². The maximum Gasteiger partial charge on any atom is 0.407 e. The molecule has 1 amide bonds. The Hall–Kier alpha value is -0.730. The van der Waals surface area contributed by atoms with E-state index in [4.69, 9.17) is 4.74 Å². The first-order valence-electron chi connectivity index (χ1n) is 8.43. The van der Waals surface area contributed by atoms with Crippen LogP contribution in [-0.2, 0) is 4.74 Å². The van der Waals surface area contributed by atoms with Crippen LogP contribution in [0.2, 0.25) is 0 Å². The smallest absolute Gasteiger partial charge is 0.407 e. The van der Waals surface area contributed by atoms with Gasteiger partial charge >= 0.3 is 6.09 Å². The maximum absolute atomic E-state index is 11.9. The lowest BCUT2D eigenvalue weighted by atomic mass is 10.0. The average Bonchev–Trinajstić information content (AvgIpc) is 2.38. The lowest BCUT2D eigenvalue weighted by molar-refractivity contribution is 0.0491. The maximum atomic E-state index is 11.9. The third kappa shape index (κ3) is 11.8. The van der Waals surface area contributed by atoms with Crippen molar-refractivity contribution in [3.63, 3.8) is 0 Å². The number of nitrogens with one attached hydrogen (secondary N) is 3. The quantitative estimate of drug-likeness (QED) is 0.326. The number of hydrogen-bond donors (Lipinski definition) is 3. The first kappa shape index (κ1) is 25.5. The highest BCUT2D eigenvalue weighted by Gasteiger charge is 2.21. The molecule has 2 atom stereocenters. The van der Waals surface area contributed by atoms with Crippen molar-refractivity contribution in [2.45, 2.75) is 73.1 Å². The minimum Gasteiger partial charge on any atom is -0.444 e. The van der Waals surface area contributed by atoms with Crippen molar-refractivity contribution >= 4 is 36.0 Å². The SMILES string of the molecule is CN=C(NCC(NC(=O)OC(C)(C)C)C(C)C)NC(C)C(C)C.I. The van der Waals surface area contributed by atoms with Crippen LogP contribution >= 0.6 is 24.0 Å². The highest BCUT2D eigenvalue weighted by Crippen LogP contribution is 2.08. The second-order valence-electron chi connectivity index (χ2n) is 7.63. The van der Waals surface area contributed by atoms with Gasteiger partial charge in [-0.2, -0.15) is 0 Å². The molecule has 0 aliphatic heterocycles. The van der Waals surface area contributed by atoms with Crippen LogP contribution in [0, 0.1) is 11.8 Å². The van der Waals surface area contributed by atoms with E-state index in [1.807, 2.05) is 20.8 Å². The molecule has 0 aromatic heterocycles.